The molecule has 1 aromatic heterocycles. The van der Waals surface area contributed by atoms with E-state index in [-0.39, 0.29) is 17.1 Å². The topological polar surface area (TPSA) is 85.8 Å². The number of hydrogen-bond acceptors (Lipinski definition) is 7. The van der Waals surface area contributed by atoms with E-state index < -0.39 is 16.0 Å². The number of thiazole rings is 1. The van der Waals surface area contributed by atoms with Gasteiger partial charge in [0.15, 0.2) is 0 Å². The first kappa shape index (κ1) is 21.6. The average molecular weight is 459 g/mol. The van der Waals surface area contributed by atoms with Gasteiger partial charge in [-0.05, 0) is 24.6 Å². The molecule has 3 aromatic rings. The fourth-order valence-corrected chi connectivity index (χ4v) is 5.71. The van der Waals surface area contributed by atoms with Crippen LogP contribution in [-0.2, 0) is 26.1 Å². The van der Waals surface area contributed by atoms with Gasteiger partial charge in [-0.25, -0.2) is 18.2 Å². The number of ether oxygens (including phenoxy) is 2. The molecule has 1 aliphatic rings. The summed E-state index contributed by atoms with van der Waals surface area (Å²) in [5.41, 5.74) is 2.41. The van der Waals surface area contributed by atoms with Crippen LogP contribution in [0.3, 0.4) is 0 Å². The van der Waals surface area contributed by atoms with Crippen LogP contribution in [0.4, 0.5) is 0 Å². The molecular formula is C22H22N2O5S2. The van der Waals surface area contributed by atoms with Crippen molar-refractivity contribution in [3.8, 4) is 10.6 Å². The Labute approximate surface area is 185 Å². The van der Waals surface area contributed by atoms with Gasteiger partial charge in [-0.3, -0.25) is 0 Å². The number of nitrogens with zero attached hydrogens (tertiary/aromatic N) is 2. The number of morpholine rings is 1. The van der Waals surface area contributed by atoms with Crippen molar-refractivity contribution in [2.75, 3.05) is 26.3 Å². The highest BCUT2D eigenvalue weighted by Crippen LogP contribution is 2.25. The second-order valence-corrected chi connectivity index (χ2v) is 9.85. The maximum atomic E-state index is 13.0. The zero-order chi connectivity index (χ0) is 21.8. The number of hydrogen-bond donors (Lipinski definition) is 0. The fraction of sp³-hybridized carbons (Fsp3) is 0.273. The quantitative estimate of drug-likeness (QED) is 0.526. The normalized spacial score (nSPS) is 15.0. The predicted molar refractivity (Wildman–Crippen MR) is 117 cm³/mol. The molecular weight excluding hydrogens is 436 g/mol. The lowest BCUT2D eigenvalue weighted by molar-refractivity contribution is 0.0468. The van der Waals surface area contributed by atoms with E-state index in [1.165, 1.54) is 21.7 Å². The summed E-state index contributed by atoms with van der Waals surface area (Å²) in [5.74, 6) is -0.590. The van der Waals surface area contributed by atoms with Crippen LogP contribution in [0, 0.1) is 6.92 Å². The Balaban J connectivity index is 1.47. The van der Waals surface area contributed by atoms with Gasteiger partial charge in [-0.1, -0.05) is 36.4 Å². The molecule has 4 rings (SSSR count). The molecule has 1 saturated heterocycles. The average Bonchev–Trinajstić information content (AvgIpc) is 3.28. The number of carbonyl (C=O) groups excluding carboxylic acids is 1. The van der Waals surface area contributed by atoms with Crippen LogP contribution in [0.5, 0.6) is 0 Å². The van der Waals surface area contributed by atoms with Crippen molar-refractivity contribution < 1.29 is 22.7 Å². The summed E-state index contributed by atoms with van der Waals surface area (Å²) in [6.07, 6.45) is 0. The van der Waals surface area contributed by atoms with E-state index in [4.69, 9.17) is 9.47 Å². The molecule has 0 aliphatic carbocycles. The Bertz CT molecular complexity index is 1170. The molecule has 31 heavy (non-hydrogen) atoms. The molecule has 9 heteroatoms. The molecule has 0 spiro atoms. The van der Waals surface area contributed by atoms with Crippen molar-refractivity contribution in [2.45, 2.75) is 18.4 Å². The minimum atomic E-state index is -3.71. The molecule has 2 aromatic carbocycles. The molecule has 0 atom stereocenters. The van der Waals surface area contributed by atoms with Gasteiger partial charge in [0.1, 0.15) is 11.6 Å². The lowest BCUT2D eigenvalue weighted by atomic mass is 10.1. The smallest absolute Gasteiger partial charge is 0.338 e. The molecule has 162 valence electrons. The molecule has 0 radical (unpaired) electrons. The molecule has 7 nitrogen and oxygen atoms in total. The summed E-state index contributed by atoms with van der Waals surface area (Å²) in [7, 11) is -3.71. The van der Waals surface area contributed by atoms with Crippen molar-refractivity contribution in [3.63, 3.8) is 0 Å². The minimum Gasteiger partial charge on any atom is -0.456 e. The van der Waals surface area contributed by atoms with E-state index in [1.807, 2.05) is 35.7 Å². The third-order valence-corrected chi connectivity index (χ3v) is 7.92. The third-order valence-electron chi connectivity index (χ3n) is 4.94. The Morgan fingerprint density at radius 3 is 2.65 bits per heavy atom. The van der Waals surface area contributed by atoms with Crippen molar-refractivity contribution >= 4 is 27.3 Å². The highest BCUT2D eigenvalue weighted by atomic mass is 32.2. The molecule has 1 fully saturated rings. The fourth-order valence-electron chi connectivity index (χ4n) is 3.24. The Morgan fingerprint density at radius 2 is 1.90 bits per heavy atom. The molecule has 2 heterocycles. The molecule has 1 aliphatic heterocycles. The number of benzene rings is 2. The van der Waals surface area contributed by atoms with E-state index in [0.717, 1.165) is 10.6 Å². The van der Waals surface area contributed by atoms with Crippen LogP contribution in [0.15, 0.2) is 58.8 Å². The van der Waals surface area contributed by atoms with Gasteiger partial charge >= 0.3 is 5.97 Å². The van der Waals surface area contributed by atoms with E-state index in [1.54, 1.807) is 19.1 Å². The van der Waals surface area contributed by atoms with Gasteiger partial charge in [0.2, 0.25) is 10.0 Å². The highest BCUT2D eigenvalue weighted by molar-refractivity contribution is 7.89. The number of carbonyl (C=O) groups is 1. The number of aryl methyl sites for hydroxylation is 1. The lowest BCUT2D eigenvalue weighted by Crippen LogP contribution is -2.40. The summed E-state index contributed by atoms with van der Waals surface area (Å²) in [4.78, 5) is 17.2. The largest absolute Gasteiger partial charge is 0.456 e. The van der Waals surface area contributed by atoms with E-state index in [9.17, 15) is 13.2 Å². The third kappa shape index (κ3) is 4.85. The van der Waals surface area contributed by atoms with E-state index in [2.05, 4.69) is 4.98 Å². The summed E-state index contributed by atoms with van der Waals surface area (Å²) >= 11 is 1.48. The molecule has 0 bridgehead atoms. The monoisotopic (exact) mass is 458 g/mol. The SMILES string of the molecule is Cc1ccc(C(=O)OCc2csc(-c3ccccc3)n2)cc1S(=O)(=O)N1CCOCC1. The van der Waals surface area contributed by atoms with Crippen LogP contribution in [0.2, 0.25) is 0 Å². The van der Waals surface area contributed by atoms with Crippen LogP contribution >= 0.6 is 11.3 Å². The van der Waals surface area contributed by atoms with Crippen molar-refractivity contribution in [1.29, 1.82) is 0 Å². The van der Waals surface area contributed by atoms with Crippen molar-refractivity contribution in [3.05, 3.63) is 70.7 Å². The Morgan fingerprint density at radius 1 is 1.16 bits per heavy atom. The first-order valence-corrected chi connectivity index (χ1v) is 12.1. The van der Waals surface area contributed by atoms with Crippen LogP contribution in [0.25, 0.3) is 10.6 Å². The highest BCUT2D eigenvalue weighted by Gasteiger charge is 2.28. The summed E-state index contributed by atoms with van der Waals surface area (Å²) < 4.78 is 38.0. The zero-order valence-electron chi connectivity index (χ0n) is 17.0. The van der Waals surface area contributed by atoms with Gasteiger partial charge in [0, 0.05) is 24.0 Å². The minimum absolute atomic E-state index is 0.0155. The first-order valence-electron chi connectivity index (χ1n) is 9.80. The van der Waals surface area contributed by atoms with Crippen molar-refractivity contribution in [2.24, 2.45) is 0 Å². The second kappa shape index (κ2) is 9.27. The zero-order valence-corrected chi connectivity index (χ0v) is 18.6. The number of sulfonamides is 1. The molecule has 0 saturated carbocycles. The number of aromatic nitrogens is 1. The first-order chi connectivity index (χ1) is 14.9. The summed E-state index contributed by atoms with van der Waals surface area (Å²) in [5, 5.41) is 2.69. The van der Waals surface area contributed by atoms with Gasteiger partial charge in [0.05, 0.1) is 29.4 Å². The van der Waals surface area contributed by atoms with Gasteiger partial charge in [-0.2, -0.15) is 4.31 Å². The lowest BCUT2D eigenvalue weighted by Gasteiger charge is -2.26. The maximum absolute atomic E-state index is 13.0. The van der Waals surface area contributed by atoms with Gasteiger partial charge in [-0.15, -0.1) is 11.3 Å². The van der Waals surface area contributed by atoms with Crippen LogP contribution in [-0.4, -0.2) is 50.0 Å². The summed E-state index contributed by atoms with van der Waals surface area (Å²) in [6, 6.07) is 14.3. The Hall–Kier alpha value is -2.59. The van der Waals surface area contributed by atoms with Crippen molar-refractivity contribution in [1.82, 2.24) is 9.29 Å². The van der Waals surface area contributed by atoms with Crippen LogP contribution in [0.1, 0.15) is 21.6 Å². The van der Waals surface area contributed by atoms with E-state index in [0.29, 0.717) is 37.6 Å². The number of rotatable bonds is 6. The standard InChI is InChI=1S/C22H22N2O5S2/c1-16-7-8-18(13-20(16)31(26,27)24-9-11-28-12-10-24)22(25)29-14-19-15-30-21(23-19)17-5-3-2-4-6-17/h2-8,13,15H,9-12,14H2,1H3. The summed E-state index contributed by atoms with van der Waals surface area (Å²) in [6.45, 7) is 3.04. The van der Waals surface area contributed by atoms with E-state index >= 15 is 0 Å². The maximum Gasteiger partial charge on any atom is 0.338 e. The molecule has 0 N–H and O–H groups in total. The number of esters is 1. The molecule has 0 amide bonds. The van der Waals surface area contributed by atoms with Crippen LogP contribution < -0.4 is 0 Å². The second-order valence-electron chi connectivity index (χ2n) is 7.08. The van der Waals surface area contributed by atoms with Gasteiger partial charge < -0.3 is 9.47 Å². The Kier molecular flexibility index (Phi) is 6.47. The predicted octanol–water partition coefficient (Wildman–Crippen LogP) is 3.50. The van der Waals surface area contributed by atoms with Gasteiger partial charge in [0.25, 0.3) is 0 Å². The molecule has 0 unspecified atom stereocenters.